The zero-order valence-corrected chi connectivity index (χ0v) is 16.5. The van der Waals surface area contributed by atoms with E-state index in [-0.39, 0.29) is 6.04 Å². The summed E-state index contributed by atoms with van der Waals surface area (Å²) in [6.07, 6.45) is 0. The number of nitrogens with one attached hydrogen (secondary N) is 2. The van der Waals surface area contributed by atoms with Gasteiger partial charge in [0.05, 0.1) is 19.3 Å². The molecule has 1 fully saturated rings. The molecule has 1 aromatic carbocycles. The first-order chi connectivity index (χ1) is 13.1. The number of carbonyl (C=O) groups excluding carboxylic acids is 2. The summed E-state index contributed by atoms with van der Waals surface area (Å²) < 4.78 is 5.43. The number of para-hydroxylation sites is 1. The van der Waals surface area contributed by atoms with Crippen molar-refractivity contribution in [2.45, 2.75) is 19.9 Å². The van der Waals surface area contributed by atoms with Crippen molar-refractivity contribution in [3.8, 4) is 0 Å². The molecule has 0 aliphatic carbocycles. The number of hydrogen-bond acceptors (Lipinski definition) is 5. The van der Waals surface area contributed by atoms with E-state index >= 15 is 0 Å². The number of ether oxygens (including phenoxy) is 1. The molecule has 0 bridgehead atoms. The van der Waals surface area contributed by atoms with E-state index in [0.29, 0.717) is 25.4 Å². The summed E-state index contributed by atoms with van der Waals surface area (Å²) >= 11 is 1.63. The predicted octanol–water partition coefficient (Wildman–Crippen LogP) is 2.49. The van der Waals surface area contributed by atoms with Gasteiger partial charge in [-0.2, -0.15) is 11.3 Å². The third-order valence-corrected chi connectivity index (χ3v) is 5.50. The first-order valence-electron chi connectivity index (χ1n) is 9.05. The lowest BCUT2D eigenvalue weighted by molar-refractivity contribution is -0.136. The third kappa shape index (κ3) is 4.94. The Hall–Kier alpha value is -2.22. The van der Waals surface area contributed by atoms with Gasteiger partial charge in [0.2, 0.25) is 0 Å². The van der Waals surface area contributed by atoms with Crippen LogP contribution in [0.25, 0.3) is 0 Å². The lowest BCUT2D eigenvalue weighted by Gasteiger charge is -2.34. The Morgan fingerprint density at radius 1 is 1.15 bits per heavy atom. The molecule has 7 heteroatoms. The van der Waals surface area contributed by atoms with Crippen molar-refractivity contribution in [2.24, 2.45) is 0 Å². The van der Waals surface area contributed by atoms with Crippen molar-refractivity contribution in [2.75, 3.05) is 38.2 Å². The van der Waals surface area contributed by atoms with Crippen LogP contribution in [0.5, 0.6) is 0 Å². The predicted molar refractivity (Wildman–Crippen MR) is 107 cm³/mol. The highest BCUT2D eigenvalue weighted by Crippen LogP contribution is 2.23. The maximum Gasteiger partial charge on any atom is 0.313 e. The number of amides is 2. The van der Waals surface area contributed by atoms with Gasteiger partial charge in [-0.1, -0.05) is 18.2 Å². The van der Waals surface area contributed by atoms with Crippen LogP contribution >= 0.6 is 11.3 Å². The number of anilines is 1. The minimum absolute atomic E-state index is 0.0390. The fraction of sp³-hybridized carbons (Fsp3) is 0.400. The normalized spacial score (nSPS) is 15.9. The van der Waals surface area contributed by atoms with Crippen molar-refractivity contribution in [1.29, 1.82) is 0 Å². The number of hydrogen-bond donors (Lipinski definition) is 2. The number of nitrogens with zero attached hydrogens (tertiary/aromatic N) is 1. The molecule has 1 saturated heterocycles. The van der Waals surface area contributed by atoms with Crippen LogP contribution in [0, 0.1) is 13.8 Å². The van der Waals surface area contributed by atoms with Gasteiger partial charge in [-0.05, 0) is 47.4 Å². The average molecular weight is 388 g/mol. The molecule has 0 radical (unpaired) electrons. The van der Waals surface area contributed by atoms with Gasteiger partial charge in [0.15, 0.2) is 0 Å². The van der Waals surface area contributed by atoms with E-state index in [2.05, 4.69) is 27.0 Å². The van der Waals surface area contributed by atoms with Gasteiger partial charge in [-0.3, -0.25) is 14.5 Å². The Labute approximate surface area is 163 Å². The fourth-order valence-corrected chi connectivity index (χ4v) is 3.97. The van der Waals surface area contributed by atoms with Crippen molar-refractivity contribution in [1.82, 2.24) is 10.2 Å². The standard InChI is InChI=1S/C20H25N3O3S/c1-14-4-3-5-15(2)18(14)22-20(25)19(24)21-12-17(16-6-11-27-13-16)23-7-9-26-10-8-23/h3-6,11,13,17H,7-10,12H2,1-2H3,(H,21,24)(H,22,25). The summed E-state index contributed by atoms with van der Waals surface area (Å²) in [5, 5.41) is 9.64. The van der Waals surface area contributed by atoms with Gasteiger partial charge >= 0.3 is 11.8 Å². The Kier molecular flexibility index (Phi) is 6.60. The maximum absolute atomic E-state index is 12.4. The Morgan fingerprint density at radius 3 is 2.48 bits per heavy atom. The van der Waals surface area contributed by atoms with E-state index < -0.39 is 11.8 Å². The molecule has 144 valence electrons. The molecule has 1 aliphatic heterocycles. The topological polar surface area (TPSA) is 70.7 Å². The fourth-order valence-electron chi connectivity index (χ4n) is 3.26. The number of morpholine rings is 1. The van der Waals surface area contributed by atoms with E-state index in [1.54, 1.807) is 11.3 Å². The summed E-state index contributed by atoms with van der Waals surface area (Å²) in [6.45, 7) is 7.19. The highest BCUT2D eigenvalue weighted by atomic mass is 32.1. The highest BCUT2D eigenvalue weighted by molar-refractivity contribution is 7.08. The zero-order chi connectivity index (χ0) is 19.2. The summed E-state index contributed by atoms with van der Waals surface area (Å²) in [4.78, 5) is 27.0. The minimum atomic E-state index is -0.640. The van der Waals surface area contributed by atoms with Gasteiger partial charge in [0.1, 0.15) is 0 Å². The van der Waals surface area contributed by atoms with Crippen LogP contribution in [0.2, 0.25) is 0 Å². The van der Waals surface area contributed by atoms with Gasteiger partial charge in [-0.15, -0.1) is 0 Å². The van der Waals surface area contributed by atoms with Gasteiger partial charge in [-0.25, -0.2) is 0 Å². The van der Waals surface area contributed by atoms with Gasteiger partial charge in [0, 0.05) is 25.3 Å². The average Bonchev–Trinajstić information content (AvgIpc) is 3.20. The van der Waals surface area contributed by atoms with Crippen molar-refractivity contribution in [3.05, 3.63) is 51.7 Å². The molecule has 3 rings (SSSR count). The second-order valence-electron chi connectivity index (χ2n) is 6.65. The molecule has 1 aliphatic rings. The van der Waals surface area contributed by atoms with Crippen LogP contribution in [0.3, 0.4) is 0 Å². The smallest absolute Gasteiger partial charge is 0.313 e. The SMILES string of the molecule is Cc1cccc(C)c1NC(=O)C(=O)NCC(c1ccsc1)N1CCOCC1. The lowest BCUT2D eigenvalue weighted by atomic mass is 10.1. The minimum Gasteiger partial charge on any atom is -0.379 e. The van der Waals surface area contributed by atoms with Gasteiger partial charge < -0.3 is 15.4 Å². The molecule has 1 atom stereocenters. The van der Waals surface area contributed by atoms with E-state index in [4.69, 9.17) is 4.74 Å². The Bertz CT molecular complexity index is 766. The molecule has 27 heavy (non-hydrogen) atoms. The van der Waals surface area contributed by atoms with Crippen molar-refractivity contribution < 1.29 is 14.3 Å². The summed E-state index contributed by atoms with van der Waals surface area (Å²) in [7, 11) is 0. The largest absolute Gasteiger partial charge is 0.379 e. The molecule has 1 aromatic heterocycles. The first kappa shape index (κ1) is 19.5. The Morgan fingerprint density at radius 2 is 1.85 bits per heavy atom. The van der Waals surface area contributed by atoms with Crippen molar-refractivity contribution >= 4 is 28.8 Å². The lowest BCUT2D eigenvalue weighted by Crippen LogP contribution is -2.45. The summed E-state index contributed by atoms with van der Waals surface area (Å²) in [5.74, 6) is -1.26. The summed E-state index contributed by atoms with van der Waals surface area (Å²) in [6, 6.07) is 7.84. The molecular weight excluding hydrogens is 362 g/mol. The monoisotopic (exact) mass is 387 g/mol. The highest BCUT2D eigenvalue weighted by Gasteiger charge is 2.25. The third-order valence-electron chi connectivity index (χ3n) is 4.80. The maximum atomic E-state index is 12.4. The molecule has 0 spiro atoms. The second kappa shape index (κ2) is 9.12. The van der Waals surface area contributed by atoms with Crippen molar-refractivity contribution in [3.63, 3.8) is 0 Å². The van der Waals surface area contributed by atoms with E-state index in [0.717, 1.165) is 29.8 Å². The Balaban J connectivity index is 1.62. The van der Waals surface area contributed by atoms with Crippen LogP contribution in [0.1, 0.15) is 22.7 Å². The first-order valence-corrected chi connectivity index (χ1v) is 10.00. The molecule has 6 nitrogen and oxygen atoms in total. The molecule has 1 unspecified atom stereocenters. The van der Waals surface area contributed by atoms with E-state index in [1.807, 2.05) is 37.4 Å². The number of rotatable bonds is 5. The van der Waals surface area contributed by atoms with Crippen LogP contribution in [0.15, 0.2) is 35.0 Å². The van der Waals surface area contributed by atoms with E-state index in [1.165, 1.54) is 0 Å². The van der Waals surface area contributed by atoms with Crippen LogP contribution < -0.4 is 10.6 Å². The molecule has 2 N–H and O–H groups in total. The number of aryl methyl sites for hydroxylation is 2. The van der Waals surface area contributed by atoms with Crippen LogP contribution in [-0.4, -0.2) is 49.6 Å². The molecule has 0 saturated carbocycles. The molecular formula is C20H25N3O3S. The molecule has 2 amide bonds. The zero-order valence-electron chi connectivity index (χ0n) is 15.7. The quantitative estimate of drug-likeness (QED) is 0.774. The second-order valence-corrected chi connectivity index (χ2v) is 7.43. The summed E-state index contributed by atoms with van der Waals surface area (Å²) in [5.41, 5.74) is 3.71. The van der Waals surface area contributed by atoms with E-state index in [9.17, 15) is 9.59 Å². The molecule has 2 aromatic rings. The number of carbonyl (C=O) groups is 2. The molecule has 2 heterocycles. The number of benzene rings is 1. The number of thiophene rings is 1. The van der Waals surface area contributed by atoms with Crippen LogP contribution in [-0.2, 0) is 14.3 Å². The van der Waals surface area contributed by atoms with Gasteiger partial charge in [0.25, 0.3) is 0 Å². The van der Waals surface area contributed by atoms with Crippen LogP contribution in [0.4, 0.5) is 5.69 Å².